The van der Waals surface area contributed by atoms with E-state index in [0.29, 0.717) is 50.6 Å². The Balaban J connectivity index is 1.10. The van der Waals surface area contributed by atoms with Gasteiger partial charge in [0.2, 0.25) is 0 Å². The van der Waals surface area contributed by atoms with Crippen LogP contribution in [-0.4, -0.2) is 81.1 Å². The van der Waals surface area contributed by atoms with Gasteiger partial charge in [0.15, 0.2) is 5.78 Å². The van der Waals surface area contributed by atoms with Crippen LogP contribution in [0.15, 0.2) is 65.5 Å². The first-order valence-electron chi connectivity index (χ1n) is 23.7. The summed E-state index contributed by atoms with van der Waals surface area (Å²) in [6, 6.07) is 10.8. The SMILES string of the molecule is CC1CCOC(C2OC2C(C)(O)C(C)(CO)CCC2=CCNC(N)=C2)(C2CCC3(O)C4=CC(=O)C5CC(O)CC6(CCCC6)C5(C)C4C(CCc4ccccc4)CC23C)C1. The molecule has 9 heteroatoms. The monoisotopic (exact) mass is 827 g/mol. The Morgan fingerprint density at radius 2 is 1.75 bits per heavy atom. The molecule has 60 heavy (non-hydrogen) atoms. The normalized spacial score (nSPS) is 44.0. The van der Waals surface area contributed by atoms with E-state index >= 15 is 0 Å². The number of aliphatic hydroxyl groups excluding tert-OH is 2. The number of hydrogen-bond donors (Lipinski definition) is 6. The number of fused-ring (bicyclic) bond motifs is 6. The summed E-state index contributed by atoms with van der Waals surface area (Å²) < 4.78 is 14.0. The van der Waals surface area contributed by atoms with Gasteiger partial charge in [-0.3, -0.25) is 4.79 Å². The molecule has 1 aromatic rings. The minimum absolute atomic E-state index is 0.0321. The zero-order valence-corrected chi connectivity index (χ0v) is 37.1. The summed E-state index contributed by atoms with van der Waals surface area (Å²) in [6.45, 7) is 11.8. The zero-order valence-electron chi connectivity index (χ0n) is 37.1. The van der Waals surface area contributed by atoms with Gasteiger partial charge in [-0.2, -0.15) is 0 Å². The lowest BCUT2D eigenvalue weighted by Gasteiger charge is -2.67. The van der Waals surface area contributed by atoms with Crippen LogP contribution in [0.5, 0.6) is 0 Å². The molecule has 1 spiro atoms. The maximum Gasteiger partial charge on any atom is 0.159 e. The van der Waals surface area contributed by atoms with Crippen molar-refractivity contribution in [2.75, 3.05) is 19.8 Å². The average Bonchev–Trinajstić information content (AvgIpc) is 3.84. The van der Waals surface area contributed by atoms with Crippen LogP contribution in [-0.2, 0) is 20.7 Å². The van der Waals surface area contributed by atoms with Crippen molar-refractivity contribution in [1.82, 2.24) is 5.32 Å². The molecule has 0 aromatic heterocycles. The summed E-state index contributed by atoms with van der Waals surface area (Å²) in [6.07, 6.45) is 16.9. The molecule has 1 aromatic carbocycles. The molecule has 2 saturated heterocycles. The van der Waals surface area contributed by atoms with Gasteiger partial charge in [-0.05, 0) is 154 Å². The predicted octanol–water partition coefficient (Wildman–Crippen LogP) is 7.06. The molecule has 14 unspecified atom stereocenters. The molecule has 0 radical (unpaired) electrons. The molecule has 14 atom stereocenters. The van der Waals surface area contributed by atoms with E-state index < -0.39 is 45.9 Å². The van der Waals surface area contributed by atoms with E-state index in [0.717, 1.165) is 81.8 Å². The number of rotatable bonds is 11. The third-order valence-electron chi connectivity index (χ3n) is 19.3. The fraction of sp³-hybridized carbons (Fsp3) is 0.745. The second-order valence-electron chi connectivity index (χ2n) is 22.3. The number of aliphatic hydroxyl groups is 4. The first kappa shape index (κ1) is 42.8. The van der Waals surface area contributed by atoms with Crippen molar-refractivity contribution < 1.29 is 34.7 Å². The Morgan fingerprint density at radius 1 is 1.00 bits per heavy atom. The summed E-state index contributed by atoms with van der Waals surface area (Å²) in [4.78, 5) is 14.7. The van der Waals surface area contributed by atoms with E-state index in [1.807, 2.05) is 26.0 Å². The van der Waals surface area contributed by atoms with Crippen LogP contribution >= 0.6 is 0 Å². The van der Waals surface area contributed by atoms with Gasteiger partial charge < -0.3 is 41.0 Å². The molecule has 8 aliphatic rings. The van der Waals surface area contributed by atoms with Crippen LogP contribution in [0.2, 0.25) is 0 Å². The molecule has 7 N–H and O–H groups in total. The number of carbonyl (C=O) groups excluding carboxylic acids is 1. The maximum atomic E-state index is 14.7. The Labute approximate surface area is 358 Å². The zero-order chi connectivity index (χ0) is 42.5. The van der Waals surface area contributed by atoms with Crippen LogP contribution < -0.4 is 11.1 Å². The summed E-state index contributed by atoms with van der Waals surface area (Å²) in [5.41, 5.74) is 4.08. The number of carbonyl (C=O) groups is 1. The van der Waals surface area contributed by atoms with Gasteiger partial charge in [0, 0.05) is 29.9 Å². The first-order chi connectivity index (χ1) is 28.5. The molecule has 6 fully saturated rings. The van der Waals surface area contributed by atoms with E-state index in [-0.39, 0.29) is 46.9 Å². The number of ketones is 1. The van der Waals surface area contributed by atoms with Gasteiger partial charge >= 0.3 is 0 Å². The molecule has 0 amide bonds. The average molecular weight is 827 g/mol. The predicted molar refractivity (Wildman–Crippen MR) is 232 cm³/mol. The van der Waals surface area contributed by atoms with Gasteiger partial charge in [-0.25, -0.2) is 0 Å². The Hall–Kier alpha value is -2.53. The molecule has 5 aliphatic carbocycles. The molecule has 3 heterocycles. The highest BCUT2D eigenvalue weighted by Crippen LogP contribution is 2.76. The number of ether oxygens (including phenoxy) is 2. The third-order valence-corrected chi connectivity index (χ3v) is 19.3. The third kappa shape index (κ3) is 6.31. The molecule has 3 aliphatic heterocycles. The number of hydrogen-bond acceptors (Lipinski definition) is 9. The Kier molecular flexibility index (Phi) is 10.7. The number of dihydropyridines is 1. The van der Waals surface area contributed by atoms with Crippen LogP contribution in [0.1, 0.15) is 130 Å². The fourth-order valence-corrected chi connectivity index (χ4v) is 15.7. The van der Waals surface area contributed by atoms with Gasteiger partial charge in [-0.1, -0.05) is 76.9 Å². The maximum absolute atomic E-state index is 14.7. The van der Waals surface area contributed by atoms with E-state index in [2.05, 4.69) is 62.5 Å². The quantitative estimate of drug-likeness (QED) is 0.129. The molecular weight excluding hydrogens is 753 g/mol. The molecule has 330 valence electrons. The van der Waals surface area contributed by atoms with Crippen molar-refractivity contribution in [2.45, 2.75) is 166 Å². The van der Waals surface area contributed by atoms with Crippen molar-refractivity contribution in [1.29, 1.82) is 0 Å². The number of nitrogens with two attached hydrogens (primary N) is 1. The van der Waals surface area contributed by atoms with Gasteiger partial charge in [0.25, 0.3) is 0 Å². The van der Waals surface area contributed by atoms with E-state index in [1.54, 1.807) is 0 Å². The number of aryl methyl sites for hydroxylation is 1. The van der Waals surface area contributed by atoms with E-state index in [4.69, 9.17) is 15.2 Å². The van der Waals surface area contributed by atoms with Gasteiger partial charge in [0.05, 0.1) is 29.7 Å². The lowest BCUT2D eigenvalue weighted by atomic mass is 9.37. The summed E-state index contributed by atoms with van der Waals surface area (Å²) in [5.74, 6) is 0.970. The summed E-state index contributed by atoms with van der Waals surface area (Å²) in [5, 5.41) is 52.0. The molecular formula is C51H74N2O7. The summed E-state index contributed by atoms with van der Waals surface area (Å²) in [7, 11) is 0. The highest BCUT2D eigenvalue weighted by Gasteiger charge is 2.77. The minimum atomic E-state index is -1.37. The van der Waals surface area contributed by atoms with E-state index in [9.17, 15) is 25.2 Å². The lowest BCUT2D eigenvalue weighted by Crippen LogP contribution is -2.68. The molecule has 9 rings (SSSR count). The van der Waals surface area contributed by atoms with Crippen LogP contribution in [0.4, 0.5) is 0 Å². The summed E-state index contributed by atoms with van der Waals surface area (Å²) >= 11 is 0. The lowest BCUT2D eigenvalue weighted by molar-refractivity contribution is -0.212. The molecule has 4 saturated carbocycles. The molecule has 9 nitrogen and oxygen atoms in total. The largest absolute Gasteiger partial charge is 0.396 e. The second-order valence-corrected chi connectivity index (χ2v) is 22.3. The van der Waals surface area contributed by atoms with Crippen LogP contribution in [0.3, 0.4) is 0 Å². The van der Waals surface area contributed by atoms with Crippen LogP contribution in [0.25, 0.3) is 0 Å². The minimum Gasteiger partial charge on any atom is -0.396 e. The topological polar surface area (TPSA) is 158 Å². The van der Waals surface area contributed by atoms with Crippen molar-refractivity contribution in [3.8, 4) is 0 Å². The highest BCUT2D eigenvalue weighted by molar-refractivity contribution is 5.95. The highest BCUT2D eigenvalue weighted by atomic mass is 16.6. The number of allylic oxidation sites excluding steroid dienone is 3. The second kappa shape index (κ2) is 15.0. The van der Waals surface area contributed by atoms with Crippen molar-refractivity contribution in [2.24, 2.45) is 57.0 Å². The fourth-order valence-electron chi connectivity index (χ4n) is 15.7. The van der Waals surface area contributed by atoms with Gasteiger partial charge in [0.1, 0.15) is 17.8 Å². The van der Waals surface area contributed by atoms with Crippen molar-refractivity contribution in [3.63, 3.8) is 0 Å². The first-order valence-corrected chi connectivity index (χ1v) is 23.7. The number of nitrogens with one attached hydrogen (secondary N) is 1. The van der Waals surface area contributed by atoms with Crippen molar-refractivity contribution in [3.05, 3.63) is 71.1 Å². The Morgan fingerprint density at radius 3 is 2.45 bits per heavy atom. The smallest absolute Gasteiger partial charge is 0.159 e. The Bertz CT molecular complexity index is 1900. The van der Waals surface area contributed by atoms with Gasteiger partial charge in [-0.15, -0.1) is 0 Å². The van der Waals surface area contributed by atoms with Crippen LogP contribution in [0, 0.1) is 51.2 Å². The number of benzene rings is 1. The molecule has 0 bridgehead atoms. The standard InChI is InChI=1S/C51H74N2O7/c1-32-18-24-59-50(28-32,44-43(60-44)48(5,57)45(2,31-54)21-15-34-17-23-53-41(52)25-34)40-16-22-51(58)38-27-39(56)37-26-36(55)30-49(19-9-10-20-49)47(37,4)42(38)35(29-46(40,51)3)14-13-33-11-7-6-8-12-33/h6-8,11-12,17,25,27,32,35-37,40,42-44,53-55,57-58H,9-10,13-16,18-24,26,28-31,52H2,1-5H3. The number of epoxide rings is 1. The van der Waals surface area contributed by atoms with E-state index in [1.165, 1.54) is 5.56 Å². The van der Waals surface area contributed by atoms with Crippen molar-refractivity contribution >= 4 is 5.78 Å².